The lowest BCUT2D eigenvalue weighted by Crippen LogP contribution is -2.48. The van der Waals surface area contributed by atoms with Crippen LogP contribution in [-0.4, -0.2) is 30.6 Å². The zero-order valence-corrected chi connectivity index (χ0v) is 14.6. The van der Waals surface area contributed by atoms with E-state index < -0.39 is 24.5 Å². The molecule has 0 spiro atoms. The minimum atomic E-state index is -0.752. The van der Waals surface area contributed by atoms with Crippen molar-refractivity contribution in [2.75, 3.05) is 6.61 Å². The number of rotatable bonds is 4. The second kappa shape index (κ2) is 8.03. The minimum Gasteiger partial charge on any atom is -0.450 e. The number of hydrogen-bond donors (Lipinski definition) is 2. The summed E-state index contributed by atoms with van der Waals surface area (Å²) in [6, 6.07) is 8.20. The molecule has 1 aliphatic rings. The number of esters is 1. The summed E-state index contributed by atoms with van der Waals surface area (Å²) in [4.78, 5) is 35.7. The maximum atomic E-state index is 12.0. The quantitative estimate of drug-likeness (QED) is 0.819. The Hall–Kier alpha value is -2.83. The molecule has 0 radical (unpaired) electrons. The van der Waals surface area contributed by atoms with Gasteiger partial charge < -0.3 is 14.5 Å². The summed E-state index contributed by atoms with van der Waals surface area (Å²) < 4.78 is 10.3. The number of para-hydroxylation sites is 1. The van der Waals surface area contributed by atoms with Gasteiger partial charge in [-0.25, -0.2) is 9.59 Å². The standard InChI is InChI=1S/C19H22N2O5/c1-12-6-2-4-8-14(12)20-19(24)21-17(22)11-25-18(23)16-10-13-7-3-5-9-15(13)26-16/h3,5,7,9-10,12,14H,2,4,6,8,11H2,1H3,(H2,20,21,22,24)/t12-,14-/m0/s1. The van der Waals surface area contributed by atoms with Gasteiger partial charge in [-0.2, -0.15) is 0 Å². The third-order valence-electron chi connectivity index (χ3n) is 4.64. The predicted molar refractivity (Wildman–Crippen MR) is 94.6 cm³/mol. The van der Waals surface area contributed by atoms with E-state index in [9.17, 15) is 14.4 Å². The van der Waals surface area contributed by atoms with Crippen LogP contribution < -0.4 is 10.6 Å². The van der Waals surface area contributed by atoms with Gasteiger partial charge in [0.15, 0.2) is 6.61 Å². The summed E-state index contributed by atoms with van der Waals surface area (Å²) in [5.74, 6) is -1.04. The van der Waals surface area contributed by atoms with E-state index in [2.05, 4.69) is 17.6 Å². The number of benzene rings is 1. The van der Waals surface area contributed by atoms with Crippen LogP contribution in [0.4, 0.5) is 4.79 Å². The number of hydrogen-bond acceptors (Lipinski definition) is 5. The fraction of sp³-hybridized carbons (Fsp3) is 0.421. The number of carbonyl (C=O) groups is 3. The summed E-state index contributed by atoms with van der Waals surface area (Å²) in [7, 11) is 0. The first-order valence-corrected chi connectivity index (χ1v) is 8.79. The molecule has 0 bridgehead atoms. The molecular weight excluding hydrogens is 336 g/mol. The third kappa shape index (κ3) is 4.41. The van der Waals surface area contributed by atoms with E-state index in [1.165, 1.54) is 0 Å². The molecule has 26 heavy (non-hydrogen) atoms. The van der Waals surface area contributed by atoms with Gasteiger partial charge in [0.25, 0.3) is 5.91 Å². The molecule has 0 saturated heterocycles. The fourth-order valence-corrected chi connectivity index (χ4v) is 3.18. The number of imide groups is 1. The van der Waals surface area contributed by atoms with E-state index in [1.54, 1.807) is 24.3 Å². The Morgan fingerprint density at radius 3 is 2.73 bits per heavy atom. The normalized spacial score (nSPS) is 19.7. The van der Waals surface area contributed by atoms with Gasteiger partial charge in [0.2, 0.25) is 5.76 Å². The second-order valence-electron chi connectivity index (χ2n) is 6.61. The summed E-state index contributed by atoms with van der Waals surface area (Å²) in [6.07, 6.45) is 4.20. The lowest BCUT2D eigenvalue weighted by atomic mass is 9.86. The van der Waals surface area contributed by atoms with Gasteiger partial charge >= 0.3 is 12.0 Å². The van der Waals surface area contributed by atoms with E-state index in [4.69, 9.17) is 9.15 Å². The average Bonchev–Trinajstić information content (AvgIpc) is 3.06. The molecular formula is C19H22N2O5. The fourth-order valence-electron chi connectivity index (χ4n) is 3.18. The number of ether oxygens (including phenoxy) is 1. The zero-order chi connectivity index (χ0) is 18.5. The van der Waals surface area contributed by atoms with Crippen LogP contribution in [0.3, 0.4) is 0 Å². The third-order valence-corrected chi connectivity index (χ3v) is 4.64. The Bertz CT molecular complexity index is 780. The number of furan rings is 1. The molecule has 2 aromatic rings. The monoisotopic (exact) mass is 358 g/mol. The van der Waals surface area contributed by atoms with Crippen molar-refractivity contribution in [1.29, 1.82) is 0 Å². The van der Waals surface area contributed by atoms with Crippen LogP contribution in [0.5, 0.6) is 0 Å². The van der Waals surface area contributed by atoms with Crippen LogP contribution in [0.15, 0.2) is 34.7 Å². The molecule has 0 aliphatic heterocycles. The maximum Gasteiger partial charge on any atom is 0.374 e. The highest BCUT2D eigenvalue weighted by molar-refractivity contribution is 5.97. The Kier molecular flexibility index (Phi) is 5.55. The molecule has 1 saturated carbocycles. The largest absolute Gasteiger partial charge is 0.450 e. The van der Waals surface area contributed by atoms with Crippen molar-refractivity contribution in [1.82, 2.24) is 10.6 Å². The van der Waals surface area contributed by atoms with Crippen molar-refractivity contribution < 1.29 is 23.5 Å². The zero-order valence-electron chi connectivity index (χ0n) is 14.6. The molecule has 2 atom stereocenters. The van der Waals surface area contributed by atoms with Crippen LogP contribution >= 0.6 is 0 Å². The highest BCUT2D eigenvalue weighted by Crippen LogP contribution is 2.23. The van der Waals surface area contributed by atoms with Gasteiger partial charge in [0, 0.05) is 11.4 Å². The van der Waals surface area contributed by atoms with Gasteiger partial charge in [-0.1, -0.05) is 38.0 Å². The van der Waals surface area contributed by atoms with Crippen LogP contribution in [0, 0.1) is 5.92 Å². The van der Waals surface area contributed by atoms with Gasteiger partial charge in [0.1, 0.15) is 5.58 Å². The van der Waals surface area contributed by atoms with Gasteiger partial charge in [0.05, 0.1) is 0 Å². The van der Waals surface area contributed by atoms with E-state index in [-0.39, 0.29) is 11.8 Å². The number of fused-ring (bicyclic) bond motifs is 1. The molecule has 1 aromatic carbocycles. The topological polar surface area (TPSA) is 97.6 Å². The van der Waals surface area contributed by atoms with E-state index in [1.807, 2.05) is 6.07 Å². The molecule has 7 nitrogen and oxygen atoms in total. The van der Waals surface area contributed by atoms with Crippen molar-refractivity contribution >= 4 is 28.9 Å². The first-order chi connectivity index (χ1) is 12.5. The van der Waals surface area contributed by atoms with Gasteiger partial charge in [-0.05, 0) is 30.9 Å². The number of amides is 3. The van der Waals surface area contributed by atoms with Crippen LogP contribution in [0.25, 0.3) is 11.0 Å². The highest BCUT2D eigenvalue weighted by Gasteiger charge is 2.23. The summed E-state index contributed by atoms with van der Waals surface area (Å²) in [5, 5.41) is 5.76. The Morgan fingerprint density at radius 1 is 1.19 bits per heavy atom. The molecule has 138 valence electrons. The van der Waals surface area contributed by atoms with Crippen molar-refractivity contribution in [3.63, 3.8) is 0 Å². The molecule has 1 aromatic heterocycles. The van der Waals surface area contributed by atoms with Crippen molar-refractivity contribution in [3.05, 3.63) is 36.1 Å². The molecule has 7 heteroatoms. The van der Waals surface area contributed by atoms with Gasteiger partial charge in [-0.3, -0.25) is 10.1 Å². The lowest BCUT2D eigenvalue weighted by molar-refractivity contribution is -0.123. The van der Waals surface area contributed by atoms with Crippen LogP contribution in [-0.2, 0) is 9.53 Å². The first kappa shape index (κ1) is 18.0. The highest BCUT2D eigenvalue weighted by atomic mass is 16.5. The second-order valence-corrected chi connectivity index (χ2v) is 6.61. The summed E-state index contributed by atoms with van der Waals surface area (Å²) >= 11 is 0. The number of nitrogens with one attached hydrogen (secondary N) is 2. The van der Waals surface area contributed by atoms with Crippen molar-refractivity contribution in [2.24, 2.45) is 5.92 Å². The van der Waals surface area contributed by atoms with Crippen LogP contribution in [0.1, 0.15) is 43.2 Å². The van der Waals surface area contributed by atoms with E-state index >= 15 is 0 Å². The Labute approximate surface area is 151 Å². The van der Waals surface area contributed by atoms with Crippen LogP contribution in [0.2, 0.25) is 0 Å². The molecule has 3 amide bonds. The average molecular weight is 358 g/mol. The Balaban J connectivity index is 1.45. The summed E-state index contributed by atoms with van der Waals surface area (Å²) in [5.41, 5.74) is 0.560. The van der Waals surface area contributed by atoms with Crippen molar-refractivity contribution in [3.8, 4) is 0 Å². The molecule has 2 N–H and O–H groups in total. The number of urea groups is 1. The number of carbonyl (C=O) groups excluding carboxylic acids is 3. The maximum absolute atomic E-state index is 12.0. The SMILES string of the molecule is C[C@H]1CCCC[C@@H]1NC(=O)NC(=O)COC(=O)c1cc2ccccc2o1. The minimum absolute atomic E-state index is 0.0134. The first-order valence-electron chi connectivity index (χ1n) is 8.79. The van der Waals surface area contributed by atoms with E-state index in [0.29, 0.717) is 11.5 Å². The Morgan fingerprint density at radius 2 is 1.96 bits per heavy atom. The van der Waals surface area contributed by atoms with Crippen molar-refractivity contribution in [2.45, 2.75) is 38.6 Å². The molecule has 1 fully saturated rings. The molecule has 1 heterocycles. The summed E-state index contributed by atoms with van der Waals surface area (Å²) in [6.45, 7) is 1.53. The molecule has 3 rings (SSSR count). The van der Waals surface area contributed by atoms with E-state index in [0.717, 1.165) is 31.1 Å². The lowest BCUT2D eigenvalue weighted by Gasteiger charge is -2.29. The predicted octanol–water partition coefficient (Wildman–Crippen LogP) is 2.99. The molecule has 0 unspecified atom stereocenters. The molecule has 1 aliphatic carbocycles. The van der Waals surface area contributed by atoms with Gasteiger partial charge in [-0.15, -0.1) is 0 Å². The smallest absolute Gasteiger partial charge is 0.374 e.